The summed E-state index contributed by atoms with van der Waals surface area (Å²) in [5, 5.41) is 0. The third-order valence-corrected chi connectivity index (χ3v) is 3.18. The first-order valence-corrected chi connectivity index (χ1v) is 5.71. The first-order chi connectivity index (χ1) is 7.18. The average Bonchev–Trinajstić information content (AvgIpc) is 2.23. The summed E-state index contributed by atoms with van der Waals surface area (Å²) in [5.41, 5.74) is 0. The molecule has 1 aromatic heterocycles. The lowest BCUT2D eigenvalue weighted by molar-refractivity contribution is -0.122. The standard InChI is InChI=1S/C10H12BrN3O/c1-7-5-14(3-2-9(7)15)10-8(11)4-12-6-13-10/h4,6-7H,2-3,5H2,1H3/t7-/m0/s1. The van der Waals surface area contributed by atoms with Crippen molar-refractivity contribution < 1.29 is 4.79 Å². The largest absolute Gasteiger partial charge is 0.354 e. The van der Waals surface area contributed by atoms with Crippen LogP contribution in [0.1, 0.15) is 13.3 Å². The van der Waals surface area contributed by atoms with Crippen LogP contribution in [0.3, 0.4) is 0 Å². The first kappa shape index (κ1) is 10.5. The fourth-order valence-electron chi connectivity index (χ4n) is 1.75. The monoisotopic (exact) mass is 269 g/mol. The SMILES string of the molecule is C[C@H]1CN(c2ncncc2Br)CCC1=O. The number of carbonyl (C=O) groups is 1. The maximum Gasteiger partial charge on any atom is 0.146 e. The lowest BCUT2D eigenvalue weighted by atomic mass is 9.99. The Labute approximate surface area is 96.8 Å². The minimum Gasteiger partial charge on any atom is -0.354 e. The molecule has 0 bridgehead atoms. The third-order valence-electron chi connectivity index (χ3n) is 2.62. The molecule has 0 spiro atoms. The lowest BCUT2D eigenvalue weighted by Gasteiger charge is -2.31. The fourth-order valence-corrected chi connectivity index (χ4v) is 2.22. The quantitative estimate of drug-likeness (QED) is 0.778. The highest BCUT2D eigenvalue weighted by molar-refractivity contribution is 9.10. The summed E-state index contributed by atoms with van der Waals surface area (Å²) in [6, 6.07) is 0. The van der Waals surface area contributed by atoms with Crippen molar-refractivity contribution in [3.8, 4) is 0 Å². The number of hydrogen-bond donors (Lipinski definition) is 0. The highest BCUT2D eigenvalue weighted by atomic mass is 79.9. The van der Waals surface area contributed by atoms with Crippen LogP contribution in [0.2, 0.25) is 0 Å². The van der Waals surface area contributed by atoms with Crippen molar-refractivity contribution in [2.45, 2.75) is 13.3 Å². The summed E-state index contributed by atoms with van der Waals surface area (Å²) in [4.78, 5) is 21.6. The van der Waals surface area contributed by atoms with Crippen LogP contribution in [0.5, 0.6) is 0 Å². The average molecular weight is 270 g/mol. The number of anilines is 1. The predicted octanol–water partition coefficient (Wildman–Crippen LogP) is 1.65. The summed E-state index contributed by atoms with van der Waals surface area (Å²) in [6.45, 7) is 3.46. The molecule has 1 aliphatic heterocycles. The maximum absolute atomic E-state index is 11.4. The molecule has 1 fully saturated rings. The molecule has 0 amide bonds. The van der Waals surface area contributed by atoms with Gasteiger partial charge in [-0.15, -0.1) is 0 Å². The van der Waals surface area contributed by atoms with Crippen LogP contribution in [0.25, 0.3) is 0 Å². The van der Waals surface area contributed by atoms with E-state index in [-0.39, 0.29) is 5.92 Å². The lowest BCUT2D eigenvalue weighted by Crippen LogP contribution is -2.40. The molecule has 0 N–H and O–H groups in total. The van der Waals surface area contributed by atoms with Crippen molar-refractivity contribution >= 4 is 27.5 Å². The summed E-state index contributed by atoms with van der Waals surface area (Å²) < 4.78 is 0.881. The molecule has 1 saturated heterocycles. The molecule has 1 atom stereocenters. The van der Waals surface area contributed by atoms with Gasteiger partial charge in [0.05, 0.1) is 4.47 Å². The summed E-state index contributed by atoms with van der Waals surface area (Å²) >= 11 is 3.42. The Balaban J connectivity index is 2.19. The molecule has 2 heterocycles. The molecule has 0 unspecified atom stereocenters. The molecule has 0 aromatic carbocycles. The predicted molar refractivity (Wildman–Crippen MR) is 60.7 cm³/mol. The van der Waals surface area contributed by atoms with Crippen molar-refractivity contribution in [1.82, 2.24) is 9.97 Å². The van der Waals surface area contributed by atoms with Gasteiger partial charge in [0.25, 0.3) is 0 Å². The number of halogens is 1. The van der Waals surface area contributed by atoms with E-state index < -0.39 is 0 Å². The second kappa shape index (κ2) is 4.26. The van der Waals surface area contributed by atoms with Crippen LogP contribution in [0.4, 0.5) is 5.82 Å². The van der Waals surface area contributed by atoms with E-state index >= 15 is 0 Å². The molecule has 1 aliphatic rings. The first-order valence-electron chi connectivity index (χ1n) is 4.91. The number of piperidine rings is 1. The van der Waals surface area contributed by atoms with Crippen LogP contribution in [0, 0.1) is 5.92 Å². The summed E-state index contributed by atoms with van der Waals surface area (Å²) in [5.74, 6) is 1.32. The molecular formula is C10H12BrN3O. The zero-order chi connectivity index (χ0) is 10.8. The van der Waals surface area contributed by atoms with Gasteiger partial charge in [0.2, 0.25) is 0 Å². The van der Waals surface area contributed by atoms with Gasteiger partial charge >= 0.3 is 0 Å². The van der Waals surface area contributed by atoms with E-state index in [1.165, 1.54) is 6.33 Å². The number of nitrogens with zero attached hydrogens (tertiary/aromatic N) is 3. The van der Waals surface area contributed by atoms with Gasteiger partial charge < -0.3 is 4.90 Å². The van der Waals surface area contributed by atoms with E-state index in [1.807, 2.05) is 6.92 Å². The second-order valence-corrected chi connectivity index (χ2v) is 4.61. The molecule has 0 aliphatic carbocycles. The number of hydrogen-bond acceptors (Lipinski definition) is 4. The molecule has 0 saturated carbocycles. The Bertz CT molecular complexity index is 383. The van der Waals surface area contributed by atoms with Gasteiger partial charge in [0, 0.05) is 31.6 Å². The Morgan fingerprint density at radius 3 is 3.07 bits per heavy atom. The normalized spacial score (nSPS) is 21.9. The van der Waals surface area contributed by atoms with Crippen molar-refractivity contribution in [3.63, 3.8) is 0 Å². The zero-order valence-corrected chi connectivity index (χ0v) is 10.1. The van der Waals surface area contributed by atoms with Crippen molar-refractivity contribution in [2.24, 2.45) is 5.92 Å². The van der Waals surface area contributed by atoms with E-state index in [0.29, 0.717) is 12.2 Å². The van der Waals surface area contributed by atoms with Gasteiger partial charge in [-0.1, -0.05) is 6.92 Å². The molecule has 0 radical (unpaired) electrons. The molecule has 1 aromatic rings. The number of rotatable bonds is 1. The van der Waals surface area contributed by atoms with Crippen molar-refractivity contribution in [1.29, 1.82) is 0 Å². The Hall–Kier alpha value is -0.970. The number of carbonyl (C=O) groups excluding carboxylic acids is 1. The highest BCUT2D eigenvalue weighted by Gasteiger charge is 2.25. The fraction of sp³-hybridized carbons (Fsp3) is 0.500. The maximum atomic E-state index is 11.4. The summed E-state index contributed by atoms with van der Waals surface area (Å²) in [7, 11) is 0. The van der Waals surface area contributed by atoms with Crippen LogP contribution in [-0.4, -0.2) is 28.8 Å². The van der Waals surface area contributed by atoms with Gasteiger partial charge in [0.15, 0.2) is 0 Å². The third kappa shape index (κ3) is 2.17. The van der Waals surface area contributed by atoms with Crippen LogP contribution in [-0.2, 0) is 4.79 Å². The van der Waals surface area contributed by atoms with E-state index in [0.717, 1.165) is 23.4 Å². The van der Waals surface area contributed by atoms with E-state index in [1.54, 1.807) is 6.20 Å². The zero-order valence-electron chi connectivity index (χ0n) is 8.48. The molecule has 2 rings (SSSR count). The number of ketones is 1. The second-order valence-electron chi connectivity index (χ2n) is 3.76. The van der Waals surface area contributed by atoms with Gasteiger partial charge in [0.1, 0.15) is 17.9 Å². The Morgan fingerprint density at radius 1 is 1.60 bits per heavy atom. The highest BCUT2D eigenvalue weighted by Crippen LogP contribution is 2.25. The molecule has 5 heteroatoms. The van der Waals surface area contributed by atoms with Crippen LogP contribution >= 0.6 is 15.9 Å². The van der Waals surface area contributed by atoms with Crippen LogP contribution < -0.4 is 4.90 Å². The Kier molecular flexibility index (Phi) is 3.00. The van der Waals surface area contributed by atoms with E-state index in [4.69, 9.17) is 0 Å². The molecule has 15 heavy (non-hydrogen) atoms. The van der Waals surface area contributed by atoms with Gasteiger partial charge in [-0.05, 0) is 15.9 Å². The summed E-state index contributed by atoms with van der Waals surface area (Å²) in [6.07, 6.45) is 3.86. The van der Waals surface area contributed by atoms with Crippen molar-refractivity contribution in [3.05, 3.63) is 17.0 Å². The number of aromatic nitrogens is 2. The van der Waals surface area contributed by atoms with E-state index in [2.05, 4.69) is 30.8 Å². The van der Waals surface area contributed by atoms with Gasteiger partial charge in [-0.25, -0.2) is 9.97 Å². The molecule has 80 valence electrons. The topological polar surface area (TPSA) is 46.1 Å². The molecule has 4 nitrogen and oxygen atoms in total. The smallest absolute Gasteiger partial charge is 0.146 e. The van der Waals surface area contributed by atoms with Gasteiger partial charge in [-0.2, -0.15) is 0 Å². The minimum absolute atomic E-state index is 0.0978. The van der Waals surface area contributed by atoms with Gasteiger partial charge in [-0.3, -0.25) is 4.79 Å². The number of Topliss-reactive ketones (excluding diaryl/α,β-unsaturated/α-hetero) is 1. The molecular weight excluding hydrogens is 258 g/mol. The van der Waals surface area contributed by atoms with Crippen LogP contribution in [0.15, 0.2) is 17.0 Å². The Morgan fingerprint density at radius 2 is 2.40 bits per heavy atom. The minimum atomic E-state index is 0.0978. The van der Waals surface area contributed by atoms with Crippen molar-refractivity contribution in [2.75, 3.05) is 18.0 Å². The van der Waals surface area contributed by atoms with E-state index in [9.17, 15) is 4.79 Å².